The second-order valence-electron chi connectivity index (χ2n) is 16.1. The fourth-order valence-electron chi connectivity index (χ4n) is 6.28. The molecule has 0 spiro atoms. The predicted molar refractivity (Wildman–Crippen MR) is 217 cm³/mol. The third-order valence-corrected chi connectivity index (χ3v) is 10.7. The molecule has 3 N–H and O–H groups in total. The van der Waals surface area contributed by atoms with Crippen LogP contribution in [0, 0.1) is 0 Å². The molecule has 0 bridgehead atoms. The van der Waals surface area contributed by atoms with Gasteiger partial charge < -0.3 is 19.8 Å². The van der Waals surface area contributed by atoms with Crippen LogP contribution in [-0.2, 0) is 18.4 Å². The smallest absolute Gasteiger partial charge is 0.387 e. The maximum absolute atomic E-state index is 12.7. The molecule has 0 aromatic heterocycles. The zero-order valence-corrected chi connectivity index (χ0v) is 35.3. The molecule has 1 amide bonds. The Hall–Kier alpha value is -0.760. The van der Waals surface area contributed by atoms with Gasteiger partial charge in [-0.2, -0.15) is 0 Å². The van der Waals surface area contributed by atoms with Gasteiger partial charge in [0.05, 0.1) is 39.9 Å². The summed E-state index contributed by atoms with van der Waals surface area (Å²) in [4.78, 5) is 22.9. The van der Waals surface area contributed by atoms with E-state index in [2.05, 4.69) is 19.2 Å². The van der Waals surface area contributed by atoms with Gasteiger partial charge in [-0.15, -0.1) is 0 Å². The van der Waals surface area contributed by atoms with Crippen molar-refractivity contribution in [2.24, 2.45) is 0 Å². The first-order valence-electron chi connectivity index (χ1n) is 21.6. The van der Waals surface area contributed by atoms with E-state index < -0.39 is 20.0 Å². The van der Waals surface area contributed by atoms with Crippen LogP contribution in [0.3, 0.4) is 0 Å². The van der Waals surface area contributed by atoms with E-state index in [9.17, 15) is 19.4 Å². The van der Waals surface area contributed by atoms with E-state index in [0.29, 0.717) is 17.4 Å². The molecule has 304 valence electrons. The third kappa shape index (κ3) is 37.4. The normalized spacial score (nSPS) is 14.6. The molecule has 0 heterocycles. The summed E-state index contributed by atoms with van der Waals surface area (Å²) < 4.78 is 23.5. The number of quaternary nitrogens is 1. The summed E-state index contributed by atoms with van der Waals surface area (Å²) in [5.41, 5.74) is 0. The number of amides is 1. The van der Waals surface area contributed by atoms with Crippen LogP contribution in [0.4, 0.5) is 0 Å². The minimum atomic E-state index is -4.32. The van der Waals surface area contributed by atoms with Crippen LogP contribution in [0.5, 0.6) is 0 Å². The summed E-state index contributed by atoms with van der Waals surface area (Å²) in [5, 5.41) is 13.8. The summed E-state index contributed by atoms with van der Waals surface area (Å²) in [6.45, 7) is 4.79. The van der Waals surface area contributed by atoms with E-state index in [1.165, 1.54) is 148 Å². The second-order valence-corrected chi connectivity index (χ2v) is 17.5. The van der Waals surface area contributed by atoms with Crippen molar-refractivity contribution in [3.63, 3.8) is 0 Å². The van der Waals surface area contributed by atoms with Crippen LogP contribution in [0.2, 0.25) is 0 Å². The van der Waals surface area contributed by atoms with Crippen LogP contribution < -0.4 is 5.32 Å². The van der Waals surface area contributed by atoms with Crippen molar-refractivity contribution >= 4 is 13.7 Å². The number of carbonyl (C=O) groups excluding carboxylic acids is 1. The Morgan fingerprint density at radius 1 is 0.647 bits per heavy atom. The number of nitrogens with zero attached hydrogens (tertiary/aromatic N) is 1. The monoisotopic (exact) mass is 746 g/mol. The largest absolute Gasteiger partial charge is 0.472 e. The lowest BCUT2D eigenvalue weighted by molar-refractivity contribution is -0.870. The highest BCUT2D eigenvalue weighted by molar-refractivity contribution is 7.47. The molecule has 0 rings (SSSR count). The second kappa shape index (κ2) is 35.0. The Morgan fingerprint density at radius 3 is 1.45 bits per heavy atom. The van der Waals surface area contributed by atoms with Gasteiger partial charge in [-0.05, 0) is 19.3 Å². The lowest BCUT2D eigenvalue weighted by atomic mass is 10.0. The van der Waals surface area contributed by atoms with Gasteiger partial charge in [-0.1, -0.05) is 187 Å². The minimum Gasteiger partial charge on any atom is -0.387 e. The molecule has 3 unspecified atom stereocenters. The zero-order chi connectivity index (χ0) is 37.9. The molecule has 0 aliphatic rings. The maximum Gasteiger partial charge on any atom is 0.472 e. The number of phosphoric ester groups is 1. The number of nitrogens with one attached hydrogen (secondary N) is 1. The molecule has 3 atom stereocenters. The van der Waals surface area contributed by atoms with Crippen molar-refractivity contribution in [1.82, 2.24) is 5.32 Å². The Labute approximate surface area is 316 Å². The Bertz CT molecular complexity index is 850. The van der Waals surface area contributed by atoms with Gasteiger partial charge in [0.2, 0.25) is 5.91 Å². The van der Waals surface area contributed by atoms with Crippen LogP contribution in [0.1, 0.15) is 200 Å². The SMILES string of the molecule is CCCCCCCCCCCCCCCCCCCCC/C=C/C(O)C(COP(=O)(O)OCC[N+](C)(C)C)NC(=O)CCCCCCCCCC. The highest BCUT2D eigenvalue weighted by Crippen LogP contribution is 2.43. The summed E-state index contributed by atoms with van der Waals surface area (Å²) >= 11 is 0. The van der Waals surface area contributed by atoms with E-state index in [4.69, 9.17) is 9.05 Å². The number of unbranched alkanes of at least 4 members (excludes halogenated alkanes) is 26. The van der Waals surface area contributed by atoms with Crippen LogP contribution >= 0.6 is 7.82 Å². The molecule has 51 heavy (non-hydrogen) atoms. The van der Waals surface area contributed by atoms with E-state index in [-0.39, 0.29) is 19.1 Å². The first-order chi connectivity index (χ1) is 24.5. The molecule has 0 aromatic carbocycles. The van der Waals surface area contributed by atoms with Gasteiger partial charge in [-0.3, -0.25) is 13.8 Å². The molecular formula is C42H86N2O6P+. The average molecular weight is 746 g/mol. The van der Waals surface area contributed by atoms with E-state index >= 15 is 0 Å². The molecule has 0 aromatic rings. The number of allylic oxidation sites excluding steroid dienone is 1. The highest BCUT2D eigenvalue weighted by Gasteiger charge is 2.27. The van der Waals surface area contributed by atoms with Crippen molar-refractivity contribution in [3.8, 4) is 0 Å². The van der Waals surface area contributed by atoms with Crippen molar-refractivity contribution in [1.29, 1.82) is 0 Å². The third-order valence-electron chi connectivity index (χ3n) is 9.76. The Kier molecular flexibility index (Phi) is 34.5. The van der Waals surface area contributed by atoms with Gasteiger partial charge in [-0.25, -0.2) is 4.57 Å². The van der Waals surface area contributed by atoms with E-state index in [1.54, 1.807) is 6.08 Å². The molecular weight excluding hydrogens is 659 g/mol. The first-order valence-corrected chi connectivity index (χ1v) is 23.1. The summed E-state index contributed by atoms with van der Waals surface area (Å²) in [6.07, 6.45) is 38.6. The quantitative estimate of drug-likeness (QED) is 0.0250. The average Bonchev–Trinajstić information content (AvgIpc) is 3.07. The Morgan fingerprint density at radius 2 is 1.04 bits per heavy atom. The zero-order valence-electron chi connectivity index (χ0n) is 34.4. The standard InChI is InChI=1S/C42H85N2O6P/c1-6-8-10-12-14-16-17-18-19-20-21-22-23-24-25-26-27-28-29-31-33-35-41(45)40(39-50-51(47,48)49-38-37-44(3,4)5)43-42(46)36-34-32-30-15-13-11-9-7-2/h33,35,40-41,45H,6-32,34,36-39H2,1-5H3,(H-,43,46,47,48)/p+1/b35-33+. The van der Waals surface area contributed by atoms with Crippen molar-refractivity contribution < 1.29 is 32.9 Å². The van der Waals surface area contributed by atoms with Crippen molar-refractivity contribution in [3.05, 3.63) is 12.2 Å². The maximum atomic E-state index is 12.7. The molecule has 9 heteroatoms. The minimum absolute atomic E-state index is 0.0641. The number of likely N-dealkylation sites (N-methyl/N-ethyl adjacent to an activating group) is 1. The molecule has 0 saturated carbocycles. The molecule has 0 aliphatic carbocycles. The number of phosphoric acid groups is 1. The fourth-order valence-corrected chi connectivity index (χ4v) is 7.01. The summed E-state index contributed by atoms with van der Waals surface area (Å²) in [7, 11) is 1.58. The van der Waals surface area contributed by atoms with E-state index in [1.807, 2.05) is 27.2 Å². The lowest BCUT2D eigenvalue weighted by Crippen LogP contribution is -2.45. The van der Waals surface area contributed by atoms with Crippen LogP contribution in [0.15, 0.2) is 12.2 Å². The topological polar surface area (TPSA) is 105 Å². The molecule has 0 fully saturated rings. The van der Waals surface area contributed by atoms with Gasteiger partial charge in [0, 0.05) is 6.42 Å². The molecule has 0 saturated heterocycles. The molecule has 0 radical (unpaired) electrons. The van der Waals surface area contributed by atoms with E-state index in [0.717, 1.165) is 32.1 Å². The Balaban J connectivity index is 4.28. The summed E-state index contributed by atoms with van der Waals surface area (Å²) in [6, 6.07) is -0.838. The van der Waals surface area contributed by atoms with Crippen molar-refractivity contribution in [2.45, 2.75) is 212 Å². The van der Waals surface area contributed by atoms with Gasteiger partial charge >= 0.3 is 7.82 Å². The number of hydrogen-bond acceptors (Lipinski definition) is 5. The molecule has 8 nitrogen and oxygen atoms in total. The lowest BCUT2D eigenvalue weighted by Gasteiger charge is -2.25. The number of aliphatic hydroxyl groups excluding tert-OH is 1. The van der Waals surface area contributed by atoms with Crippen LogP contribution in [-0.4, -0.2) is 73.4 Å². The van der Waals surface area contributed by atoms with Gasteiger partial charge in [0.15, 0.2) is 0 Å². The van der Waals surface area contributed by atoms with Crippen molar-refractivity contribution in [2.75, 3.05) is 40.9 Å². The van der Waals surface area contributed by atoms with Crippen LogP contribution in [0.25, 0.3) is 0 Å². The highest BCUT2D eigenvalue weighted by atomic mass is 31.2. The summed E-state index contributed by atoms with van der Waals surface area (Å²) in [5.74, 6) is -0.181. The van der Waals surface area contributed by atoms with Gasteiger partial charge in [0.1, 0.15) is 13.2 Å². The molecule has 0 aliphatic heterocycles. The fraction of sp³-hybridized carbons (Fsp3) is 0.929. The van der Waals surface area contributed by atoms with Gasteiger partial charge in [0.25, 0.3) is 0 Å². The number of aliphatic hydroxyl groups is 1. The first kappa shape index (κ1) is 50.2. The number of rotatable bonds is 39. The number of carbonyl (C=O) groups is 1. The predicted octanol–water partition coefficient (Wildman–Crippen LogP) is 11.6. The number of hydrogen-bond donors (Lipinski definition) is 3.